The van der Waals surface area contributed by atoms with Crippen LogP contribution >= 0.6 is 0 Å². The van der Waals surface area contributed by atoms with E-state index in [-0.39, 0.29) is 0 Å². The standard InChI is InChI=1S/C19H28O/c1-6-8-9-10-11-12-18-15(3)14-19(20-13-7-2)17(5)16(18)4/h14H,6-8,11-13H2,1-5H3. The Morgan fingerprint density at radius 1 is 0.950 bits per heavy atom. The van der Waals surface area contributed by atoms with Crippen LogP contribution in [0.3, 0.4) is 0 Å². The molecule has 1 rings (SSSR count). The quantitative estimate of drug-likeness (QED) is 0.652. The molecule has 0 atom stereocenters. The minimum absolute atomic E-state index is 0.793. The molecular weight excluding hydrogens is 244 g/mol. The predicted molar refractivity (Wildman–Crippen MR) is 87.4 cm³/mol. The first-order valence-corrected chi connectivity index (χ1v) is 7.80. The van der Waals surface area contributed by atoms with E-state index in [4.69, 9.17) is 4.74 Å². The lowest BCUT2D eigenvalue weighted by Crippen LogP contribution is -2.03. The van der Waals surface area contributed by atoms with Gasteiger partial charge in [0, 0.05) is 12.8 Å². The summed E-state index contributed by atoms with van der Waals surface area (Å²) in [5.74, 6) is 7.54. The molecule has 110 valence electrons. The Morgan fingerprint density at radius 2 is 1.65 bits per heavy atom. The summed E-state index contributed by atoms with van der Waals surface area (Å²) >= 11 is 0. The minimum Gasteiger partial charge on any atom is -0.493 e. The molecule has 1 aromatic carbocycles. The molecule has 0 heterocycles. The van der Waals surface area contributed by atoms with Crippen LogP contribution in [-0.4, -0.2) is 6.61 Å². The third-order valence-corrected chi connectivity index (χ3v) is 3.67. The maximum atomic E-state index is 5.83. The Bertz CT molecular complexity index is 489. The summed E-state index contributed by atoms with van der Waals surface area (Å²) in [5.41, 5.74) is 5.42. The summed E-state index contributed by atoms with van der Waals surface area (Å²) in [6.07, 6.45) is 5.21. The van der Waals surface area contributed by atoms with Gasteiger partial charge in [0.2, 0.25) is 0 Å². The van der Waals surface area contributed by atoms with Crippen molar-refractivity contribution in [3.05, 3.63) is 28.3 Å². The van der Waals surface area contributed by atoms with Gasteiger partial charge in [-0.25, -0.2) is 0 Å². The van der Waals surface area contributed by atoms with Crippen LogP contribution in [0.15, 0.2) is 6.07 Å². The molecule has 0 amide bonds. The van der Waals surface area contributed by atoms with E-state index >= 15 is 0 Å². The molecule has 0 aliphatic carbocycles. The second kappa shape index (κ2) is 8.69. The summed E-state index contributed by atoms with van der Waals surface area (Å²) in [4.78, 5) is 0. The fourth-order valence-electron chi connectivity index (χ4n) is 2.33. The molecule has 0 spiro atoms. The molecule has 1 heteroatoms. The lowest BCUT2D eigenvalue weighted by molar-refractivity contribution is 0.315. The SMILES string of the molecule is CCCC#CCCc1c(C)cc(OCCC)c(C)c1C. The van der Waals surface area contributed by atoms with E-state index in [9.17, 15) is 0 Å². The molecule has 1 aromatic rings. The number of aryl methyl sites for hydroxylation is 1. The average molecular weight is 272 g/mol. The number of ether oxygens (including phenoxy) is 1. The van der Waals surface area contributed by atoms with Gasteiger partial charge in [-0.3, -0.25) is 0 Å². The van der Waals surface area contributed by atoms with Crippen LogP contribution in [0.1, 0.15) is 61.8 Å². The van der Waals surface area contributed by atoms with E-state index in [1.165, 1.54) is 22.3 Å². The Labute approximate surface area is 124 Å². The van der Waals surface area contributed by atoms with E-state index in [0.29, 0.717) is 0 Å². The van der Waals surface area contributed by atoms with Crippen molar-refractivity contribution in [3.8, 4) is 17.6 Å². The summed E-state index contributed by atoms with van der Waals surface area (Å²) in [6, 6.07) is 2.19. The monoisotopic (exact) mass is 272 g/mol. The van der Waals surface area contributed by atoms with Crippen molar-refractivity contribution in [1.29, 1.82) is 0 Å². The zero-order chi connectivity index (χ0) is 15.0. The number of rotatable bonds is 6. The molecule has 0 aromatic heterocycles. The molecular formula is C19H28O. The van der Waals surface area contributed by atoms with E-state index in [1.807, 2.05) is 0 Å². The number of hydrogen-bond acceptors (Lipinski definition) is 1. The van der Waals surface area contributed by atoms with Crippen molar-refractivity contribution in [3.63, 3.8) is 0 Å². The molecule has 0 saturated carbocycles. The van der Waals surface area contributed by atoms with Crippen LogP contribution in [0, 0.1) is 32.6 Å². The Morgan fingerprint density at radius 3 is 2.30 bits per heavy atom. The second-order valence-corrected chi connectivity index (χ2v) is 5.37. The van der Waals surface area contributed by atoms with Gasteiger partial charge in [-0.1, -0.05) is 13.8 Å². The Balaban J connectivity index is 2.83. The molecule has 0 bridgehead atoms. The molecule has 0 aliphatic heterocycles. The van der Waals surface area contributed by atoms with Crippen molar-refractivity contribution in [2.45, 2.75) is 66.7 Å². The highest BCUT2D eigenvalue weighted by molar-refractivity contribution is 5.48. The van der Waals surface area contributed by atoms with Gasteiger partial charge >= 0.3 is 0 Å². The highest BCUT2D eigenvalue weighted by atomic mass is 16.5. The molecule has 0 N–H and O–H groups in total. The predicted octanol–water partition coefficient (Wildman–Crippen LogP) is 5.14. The van der Waals surface area contributed by atoms with Gasteiger partial charge in [0.1, 0.15) is 5.75 Å². The summed E-state index contributed by atoms with van der Waals surface area (Å²) < 4.78 is 5.83. The Kier molecular flexibility index (Phi) is 7.23. The molecule has 0 saturated heterocycles. The molecule has 0 aliphatic rings. The maximum absolute atomic E-state index is 5.83. The highest BCUT2D eigenvalue weighted by Crippen LogP contribution is 2.28. The van der Waals surface area contributed by atoms with Gasteiger partial charge in [0.25, 0.3) is 0 Å². The smallest absolute Gasteiger partial charge is 0.122 e. The minimum atomic E-state index is 0.793. The third kappa shape index (κ3) is 4.60. The van der Waals surface area contributed by atoms with Crippen LogP contribution in [0.2, 0.25) is 0 Å². The number of unbranched alkanes of at least 4 members (excludes halogenated alkanes) is 1. The van der Waals surface area contributed by atoms with Crippen molar-refractivity contribution < 1.29 is 4.74 Å². The number of benzene rings is 1. The van der Waals surface area contributed by atoms with Crippen LogP contribution in [-0.2, 0) is 6.42 Å². The second-order valence-electron chi connectivity index (χ2n) is 5.37. The Hall–Kier alpha value is -1.42. The first-order valence-electron chi connectivity index (χ1n) is 7.80. The highest BCUT2D eigenvalue weighted by Gasteiger charge is 2.10. The summed E-state index contributed by atoms with van der Waals surface area (Å²) in [5, 5.41) is 0. The van der Waals surface area contributed by atoms with Crippen molar-refractivity contribution in [1.82, 2.24) is 0 Å². The summed E-state index contributed by atoms with van der Waals surface area (Å²) in [7, 11) is 0. The van der Waals surface area contributed by atoms with Gasteiger partial charge in [-0.05, 0) is 68.4 Å². The summed E-state index contributed by atoms with van der Waals surface area (Å²) in [6.45, 7) is 11.6. The van der Waals surface area contributed by atoms with E-state index in [1.54, 1.807) is 0 Å². The molecule has 0 fully saturated rings. The lowest BCUT2D eigenvalue weighted by atomic mass is 9.94. The van der Waals surface area contributed by atoms with Crippen molar-refractivity contribution >= 4 is 0 Å². The largest absolute Gasteiger partial charge is 0.493 e. The molecule has 0 radical (unpaired) electrons. The average Bonchev–Trinajstić information content (AvgIpc) is 2.44. The van der Waals surface area contributed by atoms with Crippen molar-refractivity contribution in [2.75, 3.05) is 6.61 Å². The van der Waals surface area contributed by atoms with Gasteiger partial charge in [-0.2, -0.15) is 0 Å². The van der Waals surface area contributed by atoms with Crippen molar-refractivity contribution in [2.24, 2.45) is 0 Å². The first kappa shape index (κ1) is 16.6. The molecule has 0 unspecified atom stereocenters. The first-order chi connectivity index (χ1) is 9.61. The van der Waals surface area contributed by atoms with E-state index in [0.717, 1.165) is 44.5 Å². The molecule has 20 heavy (non-hydrogen) atoms. The fourth-order valence-corrected chi connectivity index (χ4v) is 2.33. The lowest BCUT2D eigenvalue weighted by Gasteiger charge is -2.16. The zero-order valence-corrected chi connectivity index (χ0v) is 13.7. The maximum Gasteiger partial charge on any atom is 0.122 e. The van der Waals surface area contributed by atoms with E-state index in [2.05, 4.69) is 52.5 Å². The van der Waals surface area contributed by atoms with Gasteiger partial charge < -0.3 is 4.74 Å². The molecule has 1 nitrogen and oxygen atoms in total. The van der Waals surface area contributed by atoms with Gasteiger partial charge in [-0.15, -0.1) is 11.8 Å². The van der Waals surface area contributed by atoms with Crippen LogP contribution < -0.4 is 4.74 Å². The topological polar surface area (TPSA) is 9.23 Å². The number of hydrogen-bond donors (Lipinski definition) is 0. The van der Waals surface area contributed by atoms with E-state index < -0.39 is 0 Å². The van der Waals surface area contributed by atoms with Crippen LogP contribution in [0.4, 0.5) is 0 Å². The van der Waals surface area contributed by atoms with Gasteiger partial charge in [0.05, 0.1) is 6.61 Å². The third-order valence-electron chi connectivity index (χ3n) is 3.67. The normalized spacial score (nSPS) is 10.1. The van der Waals surface area contributed by atoms with Crippen LogP contribution in [0.25, 0.3) is 0 Å². The van der Waals surface area contributed by atoms with Gasteiger partial charge in [0.15, 0.2) is 0 Å². The fraction of sp³-hybridized carbons (Fsp3) is 0.579. The zero-order valence-electron chi connectivity index (χ0n) is 13.7. The van der Waals surface area contributed by atoms with Crippen LogP contribution in [0.5, 0.6) is 5.75 Å².